The van der Waals surface area contributed by atoms with Crippen molar-refractivity contribution in [3.05, 3.63) is 65.6 Å². The van der Waals surface area contributed by atoms with E-state index >= 15 is 0 Å². The third kappa shape index (κ3) is 3.94. The Bertz CT molecular complexity index is 1220. The highest BCUT2D eigenvalue weighted by molar-refractivity contribution is 5.91. The lowest BCUT2D eigenvalue weighted by atomic mass is 10.1. The maximum absolute atomic E-state index is 12.6. The van der Waals surface area contributed by atoms with Crippen molar-refractivity contribution >= 4 is 5.91 Å². The number of nitrogens with zero attached hydrogens (tertiary/aromatic N) is 5. The first-order chi connectivity index (χ1) is 15.6. The summed E-state index contributed by atoms with van der Waals surface area (Å²) in [7, 11) is 0. The van der Waals surface area contributed by atoms with E-state index in [1.54, 1.807) is 17.0 Å². The van der Waals surface area contributed by atoms with Crippen LogP contribution in [0.2, 0.25) is 0 Å². The van der Waals surface area contributed by atoms with Gasteiger partial charge in [-0.05, 0) is 26.0 Å². The molecule has 1 saturated heterocycles. The number of rotatable bonds is 5. The number of carbonyl (C=O) groups excluding carboxylic acids is 1. The van der Waals surface area contributed by atoms with E-state index < -0.39 is 0 Å². The smallest absolute Gasteiger partial charge is 0.289 e. The summed E-state index contributed by atoms with van der Waals surface area (Å²) >= 11 is 0. The molecule has 3 aromatic heterocycles. The summed E-state index contributed by atoms with van der Waals surface area (Å²) in [6.07, 6.45) is 0. The number of benzene rings is 1. The molecule has 0 radical (unpaired) electrons. The van der Waals surface area contributed by atoms with Gasteiger partial charge in [0, 0.05) is 31.7 Å². The molecule has 9 nitrogen and oxygen atoms in total. The number of aromatic nitrogens is 3. The van der Waals surface area contributed by atoms with Gasteiger partial charge in [0.2, 0.25) is 5.89 Å². The predicted molar refractivity (Wildman–Crippen MR) is 115 cm³/mol. The quantitative estimate of drug-likeness (QED) is 0.471. The van der Waals surface area contributed by atoms with Gasteiger partial charge in [-0.25, -0.2) is 0 Å². The highest BCUT2D eigenvalue weighted by Gasteiger charge is 2.26. The van der Waals surface area contributed by atoms with Crippen LogP contribution in [0.5, 0.6) is 0 Å². The van der Waals surface area contributed by atoms with Gasteiger partial charge in [-0.15, -0.1) is 10.2 Å². The summed E-state index contributed by atoms with van der Waals surface area (Å²) in [6, 6.07) is 13.3. The van der Waals surface area contributed by atoms with Gasteiger partial charge >= 0.3 is 0 Å². The van der Waals surface area contributed by atoms with Crippen LogP contribution >= 0.6 is 0 Å². The van der Waals surface area contributed by atoms with Crippen LogP contribution in [-0.2, 0) is 6.54 Å². The van der Waals surface area contributed by atoms with Crippen molar-refractivity contribution in [1.29, 1.82) is 0 Å². The number of carbonyl (C=O) groups is 1. The Morgan fingerprint density at radius 2 is 1.75 bits per heavy atom. The summed E-state index contributed by atoms with van der Waals surface area (Å²) in [6.45, 7) is 6.83. The van der Waals surface area contributed by atoms with Crippen LogP contribution in [-0.4, -0.2) is 57.2 Å². The normalized spacial score (nSPS) is 14.8. The largest absolute Gasteiger partial charge is 0.456 e. The third-order valence-corrected chi connectivity index (χ3v) is 5.56. The van der Waals surface area contributed by atoms with Gasteiger partial charge < -0.3 is 18.3 Å². The SMILES string of the molecule is Cc1ccc(C(=O)N2CCN(Cc3nnc(-c4c(-c5ccccc5)noc4C)o3)CC2)o1. The van der Waals surface area contributed by atoms with Crippen molar-refractivity contribution in [2.24, 2.45) is 0 Å². The van der Waals surface area contributed by atoms with Crippen LogP contribution < -0.4 is 0 Å². The minimum Gasteiger partial charge on any atom is -0.456 e. The highest BCUT2D eigenvalue weighted by atomic mass is 16.5. The predicted octanol–water partition coefficient (Wildman–Crippen LogP) is 3.56. The standard InChI is InChI=1S/C23H23N5O4/c1-15-8-9-18(30-15)23(29)28-12-10-27(11-13-28)14-19-24-25-22(31-19)20-16(2)32-26-21(20)17-6-4-3-5-7-17/h3-9H,10-14H2,1-2H3. The van der Waals surface area contributed by atoms with Crippen LogP contribution in [0.25, 0.3) is 22.7 Å². The van der Waals surface area contributed by atoms with E-state index in [0.717, 1.165) is 11.3 Å². The van der Waals surface area contributed by atoms with E-state index in [1.807, 2.05) is 44.2 Å². The first-order valence-electron chi connectivity index (χ1n) is 10.5. The number of aryl methyl sites for hydroxylation is 2. The van der Waals surface area contributed by atoms with E-state index in [1.165, 1.54) is 0 Å². The molecule has 0 unspecified atom stereocenters. The van der Waals surface area contributed by atoms with E-state index in [0.29, 0.717) is 67.3 Å². The Morgan fingerprint density at radius 3 is 2.47 bits per heavy atom. The summed E-state index contributed by atoms with van der Waals surface area (Å²) in [5.41, 5.74) is 2.31. The van der Waals surface area contributed by atoms with Gasteiger partial charge in [0.15, 0.2) is 5.76 Å². The second kappa shape index (κ2) is 8.43. The van der Waals surface area contributed by atoms with E-state index in [9.17, 15) is 4.79 Å². The van der Waals surface area contributed by atoms with Crippen molar-refractivity contribution in [1.82, 2.24) is 25.2 Å². The summed E-state index contributed by atoms with van der Waals surface area (Å²) in [5, 5.41) is 12.6. The zero-order chi connectivity index (χ0) is 22.1. The van der Waals surface area contributed by atoms with Crippen molar-refractivity contribution in [2.45, 2.75) is 20.4 Å². The minimum absolute atomic E-state index is 0.0748. The number of piperazine rings is 1. The molecule has 32 heavy (non-hydrogen) atoms. The Morgan fingerprint density at radius 1 is 0.969 bits per heavy atom. The second-order valence-electron chi connectivity index (χ2n) is 7.81. The number of hydrogen-bond donors (Lipinski definition) is 0. The molecule has 0 aliphatic carbocycles. The molecule has 1 fully saturated rings. The molecule has 1 aliphatic rings. The fourth-order valence-corrected chi connectivity index (χ4v) is 3.84. The maximum Gasteiger partial charge on any atom is 0.289 e. The minimum atomic E-state index is -0.0748. The third-order valence-electron chi connectivity index (χ3n) is 5.56. The molecule has 1 aliphatic heterocycles. The van der Waals surface area contributed by atoms with Gasteiger partial charge in [-0.2, -0.15) is 0 Å². The summed E-state index contributed by atoms with van der Waals surface area (Å²) < 4.78 is 16.8. The molecule has 0 bridgehead atoms. The van der Waals surface area contributed by atoms with E-state index in [4.69, 9.17) is 13.4 Å². The number of amides is 1. The monoisotopic (exact) mass is 433 g/mol. The Kier molecular flexibility index (Phi) is 5.32. The van der Waals surface area contributed by atoms with Gasteiger partial charge in [0.25, 0.3) is 11.8 Å². The van der Waals surface area contributed by atoms with Crippen LogP contribution in [0.3, 0.4) is 0 Å². The molecule has 0 atom stereocenters. The lowest BCUT2D eigenvalue weighted by molar-refractivity contribution is 0.0586. The van der Waals surface area contributed by atoms with Crippen molar-refractivity contribution in [2.75, 3.05) is 26.2 Å². The average molecular weight is 433 g/mol. The second-order valence-corrected chi connectivity index (χ2v) is 7.81. The molecule has 1 amide bonds. The number of hydrogen-bond acceptors (Lipinski definition) is 8. The molecule has 9 heteroatoms. The molecule has 1 aromatic carbocycles. The molecular weight excluding hydrogens is 410 g/mol. The highest BCUT2D eigenvalue weighted by Crippen LogP contribution is 2.33. The van der Waals surface area contributed by atoms with Gasteiger partial charge in [0.1, 0.15) is 22.8 Å². The fraction of sp³-hybridized carbons (Fsp3) is 0.304. The van der Waals surface area contributed by atoms with Gasteiger partial charge in [-0.3, -0.25) is 9.69 Å². The van der Waals surface area contributed by atoms with Gasteiger partial charge in [-0.1, -0.05) is 35.5 Å². The molecule has 0 spiro atoms. The van der Waals surface area contributed by atoms with E-state index in [-0.39, 0.29) is 5.91 Å². The molecule has 164 valence electrons. The Hall–Kier alpha value is -3.72. The Labute approximate surface area is 184 Å². The Balaban J connectivity index is 1.25. The molecule has 4 aromatic rings. The number of furan rings is 1. The molecule has 0 N–H and O–H groups in total. The first-order valence-corrected chi connectivity index (χ1v) is 10.5. The lowest BCUT2D eigenvalue weighted by Gasteiger charge is -2.33. The average Bonchev–Trinajstić information content (AvgIpc) is 3.54. The van der Waals surface area contributed by atoms with Crippen LogP contribution in [0.4, 0.5) is 0 Å². The van der Waals surface area contributed by atoms with Crippen molar-refractivity contribution < 1.29 is 18.2 Å². The molecular formula is C23H23N5O4. The fourth-order valence-electron chi connectivity index (χ4n) is 3.84. The van der Waals surface area contributed by atoms with Crippen LogP contribution in [0.15, 0.2) is 55.8 Å². The summed E-state index contributed by atoms with van der Waals surface area (Å²) in [4.78, 5) is 16.5. The molecule has 5 rings (SSSR count). The van der Waals surface area contributed by atoms with E-state index in [2.05, 4.69) is 20.3 Å². The first kappa shape index (κ1) is 20.2. The van der Waals surface area contributed by atoms with Gasteiger partial charge in [0.05, 0.1) is 6.54 Å². The van der Waals surface area contributed by atoms with Crippen molar-refractivity contribution in [3.63, 3.8) is 0 Å². The van der Waals surface area contributed by atoms with Crippen LogP contribution in [0, 0.1) is 13.8 Å². The molecule has 0 saturated carbocycles. The maximum atomic E-state index is 12.6. The zero-order valence-electron chi connectivity index (χ0n) is 17.9. The van der Waals surface area contributed by atoms with Crippen LogP contribution in [0.1, 0.15) is 28.0 Å². The molecule has 4 heterocycles. The summed E-state index contributed by atoms with van der Waals surface area (Å²) in [5.74, 6) is 2.57. The lowest BCUT2D eigenvalue weighted by Crippen LogP contribution is -2.48. The zero-order valence-corrected chi connectivity index (χ0v) is 17.9. The topological polar surface area (TPSA) is 102 Å². The van der Waals surface area contributed by atoms with Crippen molar-refractivity contribution in [3.8, 4) is 22.7 Å².